The van der Waals surface area contributed by atoms with Gasteiger partial charge >= 0.3 is 5.69 Å². The number of hydrogen-bond donors (Lipinski definition) is 1. The predicted octanol–water partition coefficient (Wildman–Crippen LogP) is 2.68. The Morgan fingerprint density at radius 2 is 2.24 bits per heavy atom. The van der Waals surface area contributed by atoms with Gasteiger partial charge in [0.15, 0.2) is 0 Å². The zero-order valence-corrected chi connectivity index (χ0v) is 12.8. The molecule has 0 aliphatic heterocycles. The molecule has 2 aromatic rings. The summed E-state index contributed by atoms with van der Waals surface area (Å²) in [4.78, 5) is 10.6. The summed E-state index contributed by atoms with van der Waals surface area (Å²) < 4.78 is 10.5. The van der Waals surface area contributed by atoms with Gasteiger partial charge in [0, 0.05) is 16.1 Å². The van der Waals surface area contributed by atoms with Crippen LogP contribution >= 0.6 is 15.9 Å². The molecule has 1 aromatic heterocycles. The highest BCUT2D eigenvalue weighted by Gasteiger charge is 2.24. The summed E-state index contributed by atoms with van der Waals surface area (Å²) in [5, 5.41) is 28.2. The van der Waals surface area contributed by atoms with Gasteiger partial charge < -0.3 is 9.84 Å². The lowest BCUT2D eigenvalue weighted by atomic mass is 10.1. The van der Waals surface area contributed by atoms with E-state index in [1.807, 2.05) is 0 Å². The normalized spacial score (nSPS) is 12.2. The third-order valence-electron chi connectivity index (χ3n) is 2.81. The van der Waals surface area contributed by atoms with Crippen LogP contribution in [0.3, 0.4) is 0 Å². The number of nitrogens with zero attached hydrogens (tertiary/aromatic N) is 3. The van der Waals surface area contributed by atoms with Crippen molar-refractivity contribution in [2.75, 3.05) is 0 Å². The van der Waals surface area contributed by atoms with Crippen LogP contribution in [0.15, 0.2) is 21.2 Å². The van der Waals surface area contributed by atoms with E-state index in [-0.39, 0.29) is 18.0 Å². The van der Waals surface area contributed by atoms with Gasteiger partial charge in [-0.15, -0.1) is 0 Å². The Kier molecular flexibility index (Phi) is 4.53. The van der Waals surface area contributed by atoms with Crippen molar-refractivity contribution in [3.05, 3.63) is 43.7 Å². The van der Waals surface area contributed by atoms with Crippen molar-refractivity contribution < 1.29 is 19.4 Å². The van der Waals surface area contributed by atoms with Gasteiger partial charge in [0.2, 0.25) is 5.75 Å². The number of nitro benzene ring substituents is 1. The Morgan fingerprint density at radius 1 is 1.52 bits per heavy atom. The molecule has 0 bridgehead atoms. The summed E-state index contributed by atoms with van der Waals surface area (Å²) in [6, 6.07) is 2.88. The van der Waals surface area contributed by atoms with Crippen molar-refractivity contribution in [2.45, 2.75) is 26.6 Å². The molecule has 0 spiro atoms. The molecule has 0 saturated heterocycles. The lowest BCUT2D eigenvalue weighted by Gasteiger charge is -2.13. The SMILES string of the molecule is Cc1nonc1COc1c([C@@H](C)O)cc(Br)cc1[N+](=O)[O-]. The largest absolute Gasteiger partial charge is 0.480 e. The van der Waals surface area contributed by atoms with Gasteiger partial charge in [-0.3, -0.25) is 10.1 Å². The molecule has 21 heavy (non-hydrogen) atoms. The Bertz CT molecular complexity index is 671. The number of hydrogen-bond acceptors (Lipinski definition) is 7. The van der Waals surface area contributed by atoms with E-state index in [4.69, 9.17) is 4.74 Å². The number of aryl methyl sites for hydroxylation is 1. The molecule has 8 nitrogen and oxygen atoms in total. The number of aliphatic hydroxyl groups is 1. The number of aromatic nitrogens is 2. The molecule has 1 aromatic carbocycles. The third kappa shape index (κ3) is 3.37. The molecular formula is C12H12BrN3O5. The number of benzene rings is 1. The first-order chi connectivity index (χ1) is 9.90. The van der Waals surface area contributed by atoms with Gasteiger partial charge in [-0.25, -0.2) is 4.63 Å². The molecule has 0 unspecified atom stereocenters. The van der Waals surface area contributed by atoms with E-state index >= 15 is 0 Å². The van der Waals surface area contributed by atoms with Crippen molar-refractivity contribution >= 4 is 21.6 Å². The maximum absolute atomic E-state index is 11.2. The van der Waals surface area contributed by atoms with E-state index in [1.54, 1.807) is 13.0 Å². The molecule has 0 aliphatic carbocycles. The summed E-state index contributed by atoms with van der Waals surface area (Å²) in [5.74, 6) is 0.000556. The molecule has 9 heteroatoms. The highest BCUT2D eigenvalue weighted by atomic mass is 79.9. The second-order valence-corrected chi connectivity index (χ2v) is 5.28. The van der Waals surface area contributed by atoms with E-state index in [9.17, 15) is 15.2 Å². The summed E-state index contributed by atoms with van der Waals surface area (Å²) >= 11 is 3.18. The van der Waals surface area contributed by atoms with Crippen molar-refractivity contribution in [1.29, 1.82) is 0 Å². The maximum atomic E-state index is 11.2. The molecule has 1 heterocycles. The van der Waals surface area contributed by atoms with Gasteiger partial charge in [-0.05, 0) is 19.9 Å². The number of halogens is 1. The Morgan fingerprint density at radius 3 is 2.76 bits per heavy atom. The summed E-state index contributed by atoms with van der Waals surface area (Å²) in [7, 11) is 0. The topological polar surface area (TPSA) is 112 Å². The van der Waals surface area contributed by atoms with Crippen molar-refractivity contribution in [3.63, 3.8) is 0 Å². The zero-order chi connectivity index (χ0) is 15.6. The lowest BCUT2D eigenvalue weighted by Crippen LogP contribution is -2.05. The minimum Gasteiger partial charge on any atom is -0.480 e. The Balaban J connectivity index is 2.40. The minimum atomic E-state index is -0.923. The monoisotopic (exact) mass is 357 g/mol. The average Bonchev–Trinajstić information content (AvgIpc) is 2.81. The van der Waals surface area contributed by atoms with Crippen molar-refractivity contribution in [3.8, 4) is 5.75 Å². The Labute approximate surface area is 128 Å². The minimum absolute atomic E-state index is 0.000556. The van der Waals surface area contributed by atoms with E-state index < -0.39 is 11.0 Å². The summed E-state index contributed by atoms with van der Waals surface area (Å²) in [6.07, 6.45) is -0.923. The molecule has 1 N–H and O–H groups in total. The van der Waals surface area contributed by atoms with Crippen LogP contribution in [0.25, 0.3) is 0 Å². The predicted molar refractivity (Wildman–Crippen MR) is 74.8 cm³/mol. The molecule has 2 rings (SSSR count). The van der Waals surface area contributed by atoms with E-state index in [0.29, 0.717) is 21.4 Å². The zero-order valence-electron chi connectivity index (χ0n) is 11.2. The van der Waals surface area contributed by atoms with E-state index in [0.717, 1.165) is 0 Å². The first-order valence-corrected chi connectivity index (χ1v) is 6.76. The fourth-order valence-electron chi connectivity index (χ4n) is 1.72. The van der Waals surface area contributed by atoms with Crippen molar-refractivity contribution in [1.82, 2.24) is 10.3 Å². The fourth-order valence-corrected chi connectivity index (χ4v) is 2.19. The molecule has 0 radical (unpaired) electrons. The van der Waals surface area contributed by atoms with Gasteiger partial charge in [-0.2, -0.15) is 0 Å². The lowest BCUT2D eigenvalue weighted by molar-refractivity contribution is -0.386. The van der Waals surface area contributed by atoms with Crippen LogP contribution in [0, 0.1) is 17.0 Å². The quantitative estimate of drug-likeness (QED) is 0.646. The van der Waals surface area contributed by atoms with Gasteiger partial charge in [0.1, 0.15) is 18.0 Å². The smallest absolute Gasteiger partial charge is 0.312 e. The highest BCUT2D eigenvalue weighted by molar-refractivity contribution is 9.10. The molecule has 0 amide bonds. The summed E-state index contributed by atoms with van der Waals surface area (Å²) in [6.45, 7) is 3.14. The number of nitro groups is 1. The molecule has 112 valence electrons. The summed E-state index contributed by atoms with van der Waals surface area (Å²) in [5.41, 5.74) is 1.04. The van der Waals surface area contributed by atoms with Crippen LogP contribution in [-0.2, 0) is 6.61 Å². The van der Waals surface area contributed by atoms with Gasteiger partial charge in [0.05, 0.1) is 11.0 Å². The van der Waals surface area contributed by atoms with E-state index in [1.165, 1.54) is 13.0 Å². The van der Waals surface area contributed by atoms with Crippen LogP contribution < -0.4 is 4.74 Å². The molecule has 0 fully saturated rings. The van der Waals surface area contributed by atoms with Gasteiger partial charge in [-0.1, -0.05) is 26.2 Å². The maximum Gasteiger partial charge on any atom is 0.312 e. The van der Waals surface area contributed by atoms with Crippen LogP contribution in [0.2, 0.25) is 0 Å². The van der Waals surface area contributed by atoms with Crippen LogP contribution in [0.5, 0.6) is 5.75 Å². The Hall–Kier alpha value is -2.00. The number of ether oxygens (including phenoxy) is 1. The van der Waals surface area contributed by atoms with Crippen LogP contribution in [0.4, 0.5) is 5.69 Å². The average molecular weight is 358 g/mol. The van der Waals surface area contributed by atoms with E-state index in [2.05, 4.69) is 30.9 Å². The van der Waals surface area contributed by atoms with Crippen LogP contribution in [-0.4, -0.2) is 20.3 Å². The molecule has 1 atom stereocenters. The van der Waals surface area contributed by atoms with Crippen molar-refractivity contribution in [2.24, 2.45) is 0 Å². The standard InChI is InChI=1S/C12H12BrN3O5/c1-6-10(15-21-14-6)5-20-12-9(7(2)17)3-8(13)4-11(12)16(18)19/h3-4,7,17H,5H2,1-2H3/t7-/m1/s1. The second kappa shape index (κ2) is 6.19. The van der Waals surface area contributed by atoms with Crippen LogP contribution in [0.1, 0.15) is 30.0 Å². The molecule has 0 saturated carbocycles. The number of rotatable bonds is 5. The molecule has 0 aliphatic rings. The first-order valence-electron chi connectivity index (χ1n) is 5.97. The highest BCUT2D eigenvalue weighted by Crippen LogP contribution is 2.38. The third-order valence-corrected chi connectivity index (χ3v) is 3.27. The number of aliphatic hydroxyl groups excluding tert-OH is 1. The van der Waals surface area contributed by atoms with Gasteiger partial charge in [0.25, 0.3) is 0 Å². The fraction of sp³-hybridized carbons (Fsp3) is 0.333. The first kappa shape index (κ1) is 15.4. The second-order valence-electron chi connectivity index (χ2n) is 4.36. The molecular weight excluding hydrogens is 346 g/mol.